The van der Waals surface area contributed by atoms with E-state index in [0.29, 0.717) is 19.0 Å². The van der Waals surface area contributed by atoms with Crippen molar-refractivity contribution in [2.75, 3.05) is 18.8 Å². The van der Waals surface area contributed by atoms with E-state index in [9.17, 15) is 8.42 Å². The van der Waals surface area contributed by atoms with Crippen LogP contribution in [0.25, 0.3) is 16.8 Å². The zero-order valence-electron chi connectivity index (χ0n) is 16.7. The Kier molecular flexibility index (Phi) is 5.13. The van der Waals surface area contributed by atoms with Crippen LogP contribution in [0.3, 0.4) is 0 Å². The van der Waals surface area contributed by atoms with Crippen LogP contribution in [-0.2, 0) is 10.0 Å². The molecule has 1 N–H and O–H groups in total. The monoisotopic (exact) mass is 404 g/mol. The molecule has 3 heterocycles. The van der Waals surface area contributed by atoms with Crippen molar-refractivity contribution in [2.45, 2.75) is 46.0 Å². The first-order valence-corrected chi connectivity index (χ1v) is 11.7. The van der Waals surface area contributed by atoms with Gasteiger partial charge in [0.2, 0.25) is 10.0 Å². The number of sulfonamides is 1. The van der Waals surface area contributed by atoms with Gasteiger partial charge in [-0.25, -0.2) is 17.7 Å². The first kappa shape index (κ1) is 19.3. The molecule has 152 valence electrons. The Balaban J connectivity index is 1.66. The molecule has 0 bridgehead atoms. The van der Waals surface area contributed by atoms with E-state index >= 15 is 0 Å². The number of fused-ring (bicyclic) bond motifs is 3. The van der Waals surface area contributed by atoms with Crippen LogP contribution in [0.5, 0.6) is 0 Å². The highest BCUT2D eigenvalue weighted by Gasteiger charge is 2.39. The van der Waals surface area contributed by atoms with Gasteiger partial charge in [-0.05, 0) is 30.7 Å². The fourth-order valence-corrected chi connectivity index (χ4v) is 6.67. The minimum atomic E-state index is -3.22. The smallest absolute Gasteiger partial charge is 0.214 e. The van der Waals surface area contributed by atoms with Crippen LogP contribution in [0.2, 0.25) is 0 Å². The van der Waals surface area contributed by atoms with Crippen LogP contribution >= 0.6 is 0 Å². The zero-order valence-corrected chi connectivity index (χ0v) is 17.5. The van der Waals surface area contributed by atoms with Crippen LogP contribution in [0.4, 0.5) is 0 Å². The number of nitrogens with zero attached hydrogens (tertiary/aromatic N) is 5. The van der Waals surface area contributed by atoms with Crippen molar-refractivity contribution in [3.63, 3.8) is 0 Å². The number of rotatable bonds is 7. The molecule has 0 aromatic carbocycles. The van der Waals surface area contributed by atoms with E-state index in [1.54, 1.807) is 10.5 Å². The first-order chi connectivity index (χ1) is 13.5. The quantitative estimate of drug-likeness (QED) is 0.653. The van der Waals surface area contributed by atoms with Crippen LogP contribution in [-0.4, -0.2) is 56.1 Å². The van der Waals surface area contributed by atoms with Crippen LogP contribution < -0.4 is 0 Å². The third-order valence-electron chi connectivity index (χ3n) is 6.16. The van der Waals surface area contributed by atoms with Crippen molar-refractivity contribution in [3.05, 3.63) is 24.3 Å². The lowest BCUT2D eigenvalue weighted by molar-refractivity contribution is 0.429. The Morgan fingerprint density at radius 2 is 2.00 bits per heavy atom. The Bertz CT molecular complexity index is 1070. The highest BCUT2D eigenvalue weighted by Crippen LogP contribution is 2.45. The number of hydrogen-bond acceptors (Lipinski definition) is 5. The van der Waals surface area contributed by atoms with Gasteiger partial charge in [-0.1, -0.05) is 27.2 Å². The molecular formula is C19H28N6O2S. The van der Waals surface area contributed by atoms with E-state index in [-0.39, 0.29) is 17.6 Å². The molecule has 28 heavy (non-hydrogen) atoms. The van der Waals surface area contributed by atoms with E-state index in [4.69, 9.17) is 0 Å². The van der Waals surface area contributed by atoms with Gasteiger partial charge in [-0.15, -0.1) is 10.2 Å². The SMILES string of the molecule is CC[C@@H]1C[C@H](CS(=O)(=O)N(CC)CC)C[C@H]1c1nnc2cnc3[nH]ccc3n12. The number of aromatic amines is 1. The summed E-state index contributed by atoms with van der Waals surface area (Å²) in [5, 5.41) is 8.83. The molecule has 0 unspecified atom stereocenters. The molecule has 0 aliphatic heterocycles. The molecule has 4 rings (SSSR count). The van der Waals surface area contributed by atoms with Gasteiger partial charge >= 0.3 is 0 Å². The second-order valence-electron chi connectivity index (χ2n) is 7.70. The van der Waals surface area contributed by atoms with Crippen molar-refractivity contribution in [1.29, 1.82) is 0 Å². The molecule has 1 aliphatic rings. The Labute approximate surface area is 165 Å². The molecule has 0 saturated heterocycles. The molecule has 1 aliphatic carbocycles. The third kappa shape index (κ3) is 3.20. The average molecular weight is 405 g/mol. The maximum Gasteiger partial charge on any atom is 0.214 e. The van der Waals surface area contributed by atoms with E-state index in [2.05, 4.69) is 31.5 Å². The third-order valence-corrected chi connectivity index (χ3v) is 8.36. The lowest BCUT2D eigenvalue weighted by Gasteiger charge is -2.20. The highest BCUT2D eigenvalue weighted by atomic mass is 32.2. The fourth-order valence-electron chi connectivity index (χ4n) is 4.80. The lowest BCUT2D eigenvalue weighted by Crippen LogP contribution is -2.34. The predicted molar refractivity (Wildman–Crippen MR) is 109 cm³/mol. The van der Waals surface area contributed by atoms with Gasteiger partial charge in [0.1, 0.15) is 5.82 Å². The molecule has 0 spiro atoms. The fraction of sp³-hybridized carbons (Fsp3) is 0.632. The van der Waals surface area contributed by atoms with Crippen molar-refractivity contribution in [2.24, 2.45) is 11.8 Å². The number of hydrogen-bond donors (Lipinski definition) is 1. The normalized spacial score (nSPS) is 23.4. The van der Waals surface area contributed by atoms with Gasteiger partial charge in [0.25, 0.3) is 0 Å². The summed E-state index contributed by atoms with van der Waals surface area (Å²) >= 11 is 0. The number of nitrogens with one attached hydrogen (secondary N) is 1. The van der Waals surface area contributed by atoms with Crippen LogP contribution in [0, 0.1) is 11.8 Å². The maximum atomic E-state index is 12.8. The Morgan fingerprint density at radius 1 is 1.21 bits per heavy atom. The first-order valence-electron chi connectivity index (χ1n) is 10.1. The number of aromatic nitrogens is 5. The summed E-state index contributed by atoms with van der Waals surface area (Å²) in [6, 6.07) is 1.99. The van der Waals surface area contributed by atoms with E-state index in [1.165, 1.54) is 0 Å². The molecule has 3 atom stereocenters. The van der Waals surface area contributed by atoms with Gasteiger partial charge < -0.3 is 4.98 Å². The van der Waals surface area contributed by atoms with Crippen LogP contribution in [0.15, 0.2) is 18.5 Å². The summed E-state index contributed by atoms with van der Waals surface area (Å²) in [7, 11) is -3.22. The summed E-state index contributed by atoms with van der Waals surface area (Å²) in [5.41, 5.74) is 2.50. The largest absolute Gasteiger partial charge is 0.345 e. The summed E-state index contributed by atoms with van der Waals surface area (Å²) in [6.07, 6.45) is 6.34. The van der Waals surface area contributed by atoms with Crippen molar-refractivity contribution < 1.29 is 8.42 Å². The molecular weight excluding hydrogens is 376 g/mol. The maximum absolute atomic E-state index is 12.8. The molecule has 8 nitrogen and oxygen atoms in total. The van der Waals surface area contributed by atoms with Gasteiger partial charge in [0, 0.05) is 25.2 Å². The zero-order chi connectivity index (χ0) is 19.9. The van der Waals surface area contributed by atoms with Gasteiger partial charge in [0.05, 0.1) is 17.5 Å². The van der Waals surface area contributed by atoms with Crippen LogP contribution in [0.1, 0.15) is 51.8 Å². The second-order valence-corrected chi connectivity index (χ2v) is 9.71. The van der Waals surface area contributed by atoms with Crippen molar-refractivity contribution in [1.82, 2.24) is 28.9 Å². The molecule has 1 fully saturated rings. The summed E-state index contributed by atoms with van der Waals surface area (Å²) in [6.45, 7) is 7.02. The Hall–Kier alpha value is -2.00. The molecule has 0 amide bonds. The van der Waals surface area contributed by atoms with E-state index in [1.807, 2.05) is 26.1 Å². The number of H-pyrrole nitrogens is 1. The van der Waals surface area contributed by atoms with Gasteiger partial charge in [-0.2, -0.15) is 0 Å². The van der Waals surface area contributed by atoms with Gasteiger partial charge in [0.15, 0.2) is 11.3 Å². The summed E-state index contributed by atoms with van der Waals surface area (Å²) in [4.78, 5) is 7.52. The van der Waals surface area contributed by atoms with E-state index in [0.717, 1.165) is 41.9 Å². The lowest BCUT2D eigenvalue weighted by atomic mass is 9.93. The standard InChI is InChI=1S/C19H28N6O2S/c1-4-14-9-13(12-28(26,27)24(5-2)6-3)10-15(14)19-23-22-17-11-21-18-16(25(17)19)7-8-20-18/h7-8,11,13-15,20H,4-6,9-10,12H2,1-3H3/t13-,14+,15+/m0/s1. The summed E-state index contributed by atoms with van der Waals surface area (Å²) < 4.78 is 29.2. The Morgan fingerprint density at radius 3 is 2.71 bits per heavy atom. The van der Waals surface area contributed by atoms with E-state index < -0.39 is 10.0 Å². The van der Waals surface area contributed by atoms with Gasteiger partial charge in [-0.3, -0.25) is 4.40 Å². The minimum Gasteiger partial charge on any atom is -0.345 e. The highest BCUT2D eigenvalue weighted by molar-refractivity contribution is 7.89. The minimum absolute atomic E-state index is 0.149. The topological polar surface area (TPSA) is 96.2 Å². The van der Waals surface area contributed by atoms with Crippen molar-refractivity contribution >= 4 is 26.8 Å². The molecule has 1 saturated carbocycles. The second kappa shape index (κ2) is 7.44. The molecule has 9 heteroatoms. The average Bonchev–Trinajstić information content (AvgIpc) is 3.38. The predicted octanol–water partition coefficient (Wildman–Crippen LogP) is 2.80. The summed E-state index contributed by atoms with van der Waals surface area (Å²) in [5.74, 6) is 1.91. The molecule has 3 aromatic heterocycles. The van der Waals surface area contributed by atoms with Crippen molar-refractivity contribution in [3.8, 4) is 0 Å². The molecule has 3 aromatic rings. The molecule has 0 radical (unpaired) electrons.